The fourth-order valence-corrected chi connectivity index (χ4v) is 4.31. The molecule has 1 amide bonds. The van der Waals surface area contributed by atoms with E-state index in [2.05, 4.69) is 6.07 Å². The second-order valence-corrected chi connectivity index (χ2v) is 8.87. The normalized spacial score (nSPS) is 22.9. The quantitative estimate of drug-likeness (QED) is 0.763. The first-order chi connectivity index (χ1) is 13.9. The number of hydrogen-bond donors (Lipinski definition) is 1. The maximum absolute atomic E-state index is 12.7. The summed E-state index contributed by atoms with van der Waals surface area (Å²) in [6, 6.07) is 7.84. The van der Waals surface area contributed by atoms with Gasteiger partial charge in [0.15, 0.2) is 0 Å². The highest BCUT2D eigenvalue weighted by molar-refractivity contribution is 5.82. The van der Waals surface area contributed by atoms with Crippen molar-refractivity contribution < 1.29 is 9.53 Å². The third kappa shape index (κ3) is 5.22. The minimum absolute atomic E-state index is 0.110. The fourth-order valence-electron chi connectivity index (χ4n) is 4.31. The van der Waals surface area contributed by atoms with Gasteiger partial charge in [-0.1, -0.05) is 0 Å². The lowest BCUT2D eigenvalue weighted by Crippen LogP contribution is -2.52. The highest BCUT2D eigenvalue weighted by atomic mass is 16.5. The number of nitrogens with zero attached hydrogens (tertiary/aromatic N) is 3. The zero-order valence-corrected chi connectivity index (χ0v) is 17.9. The summed E-state index contributed by atoms with van der Waals surface area (Å²) in [6.07, 6.45) is 7.44. The summed E-state index contributed by atoms with van der Waals surface area (Å²) in [5.41, 5.74) is 7.91. The van der Waals surface area contributed by atoms with Gasteiger partial charge in [0.05, 0.1) is 24.3 Å². The van der Waals surface area contributed by atoms with Crippen molar-refractivity contribution in [2.24, 2.45) is 17.6 Å². The second-order valence-electron chi connectivity index (χ2n) is 8.87. The number of carbonyl (C=O) groups excluding carboxylic acids is 1. The molecular formula is C23H34N4O2. The Kier molecular flexibility index (Phi) is 7.02. The van der Waals surface area contributed by atoms with Gasteiger partial charge in [0.2, 0.25) is 5.91 Å². The summed E-state index contributed by atoms with van der Waals surface area (Å²) in [5.74, 6) is 1.58. The largest absolute Gasteiger partial charge is 0.493 e. The summed E-state index contributed by atoms with van der Waals surface area (Å²) in [4.78, 5) is 16.5. The van der Waals surface area contributed by atoms with Crippen molar-refractivity contribution >= 4 is 11.6 Å². The Morgan fingerprint density at radius 1 is 1.17 bits per heavy atom. The number of nitriles is 1. The number of likely N-dealkylation sites (N-methyl/N-ethyl adjacent to an activating group) is 1. The Balaban J connectivity index is 1.48. The zero-order valence-electron chi connectivity index (χ0n) is 17.9. The smallest absolute Gasteiger partial charge is 0.239 e. The Morgan fingerprint density at radius 3 is 2.41 bits per heavy atom. The van der Waals surface area contributed by atoms with Crippen LogP contribution in [0.3, 0.4) is 0 Å². The average Bonchev–Trinajstić information content (AvgIpc) is 2.69. The lowest BCUT2D eigenvalue weighted by atomic mass is 9.78. The van der Waals surface area contributed by atoms with Crippen molar-refractivity contribution in [3.63, 3.8) is 0 Å². The third-order valence-electron chi connectivity index (χ3n) is 6.68. The summed E-state index contributed by atoms with van der Waals surface area (Å²) >= 11 is 0. The molecule has 6 heteroatoms. The predicted octanol–water partition coefficient (Wildman–Crippen LogP) is 3.15. The van der Waals surface area contributed by atoms with Gasteiger partial charge in [0, 0.05) is 38.9 Å². The number of carbonyl (C=O) groups is 1. The number of benzene rings is 1. The maximum atomic E-state index is 12.7. The van der Waals surface area contributed by atoms with Gasteiger partial charge >= 0.3 is 0 Å². The average molecular weight is 399 g/mol. The Hall–Kier alpha value is -2.26. The van der Waals surface area contributed by atoms with Crippen molar-refractivity contribution in [3.8, 4) is 11.8 Å². The maximum Gasteiger partial charge on any atom is 0.239 e. The molecule has 2 saturated carbocycles. The highest BCUT2D eigenvalue weighted by Crippen LogP contribution is 2.33. The lowest BCUT2D eigenvalue weighted by Gasteiger charge is -2.38. The molecule has 0 saturated heterocycles. The van der Waals surface area contributed by atoms with Crippen molar-refractivity contribution in [2.75, 3.05) is 32.6 Å². The molecule has 2 fully saturated rings. The Bertz CT molecular complexity index is 746. The first-order valence-electron chi connectivity index (χ1n) is 10.8. The fraction of sp³-hybridized carbons (Fsp3) is 0.652. The van der Waals surface area contributed by atoms with E-state index in [4.69, 9.17) is 10.5 Å². The summed E-state index contributed by atoms with van der Waals surface area (Å²) < 4.78 is 6.03. The monoisotopic (exact) mass is 398 g/mol. The van der Waals surface area contributed by atoms with Gasteiger partial charge in [-0.15, -0.1) is 0 Å². The molecule has 0 aliphatic heterocycles. The molecule has 6 nitrogen and oxygen atoms in total. The van der Waals surface area contributed by atoms with Crippen LogP contribution in [0.1, 0.15) is 50.5 Å². The van der Waals surface area contributed by atoms with Crippen LogP contribution in [0.2, 0.25) is 0 Å². The van der Waals surface area contributed by atoms with Gasteiger partial charge in [-0.25, -0.2) is 0 Å². The van der Waals surface area contributed by atoms with Gasteiger partial charge in [0.25, 0.3) is 0 Å². The van der Waals surface area contributed by atoms with E-state index in [9.17, 15) is 10.1 Å². The molecule has 0 aromatic heterocycles. The number of anilines is 1. The molecule has 3 rings (SSSR count). The van der Waals surface area contributed by atoms with Gasteiger partial charge in [-0.3, -0.25) is 4.79 Å². The summed E-state index contributed by atoms with van der Waals surface area (Å²) in [7, 11) is 5.81. The molecule has 1 aromatic rings. The Labute approximate surface area is 174 Å². The SMILES string of the molecule is CN(C)c1cc(C#N)cc(OCC2CCC([C@H](N)C(=O)N(C)C3CCC3)CC2)c1. The van der Waals surface area contributed by atoms with Gasteiger partial charge in [-0.05, 0) is 68.9 Å². The molecule has 0 radical (unpaired) electrons. The van der Waals surface area contributed by atoms with E-state index >= 15 is 0 Å². The standard InChI is InChI=1S/C23H34N4O2/c1-26(2)20-11-17(14-24)12-21(13-20)29-15-16-7-9-18(10-8-16)22(25)23(28)27(3)19-5-4-6-19/h11-13,16,18-19,22H,4-10,15,25H2,1-3H3/t16?,18?,22-/m0/s1. The van der Waals surface area contributed by atoms with Crippen LogP contribution >= 0.6 is 0 Å². The first kappa shape index (κ1) is 21.4. The van der Waals surface area contributed by atoms with E-state index in [-0.39, 0.29) is 17.9 Å². The molecule has 0 spiro atoms. The van der Waals surface area contributed by atoms with E-state index in [1.807, 2.05) is 43.1 Å². The van der Waals surface area contributed by atoms with Crippen LogP contribution in [0, 0.1) is 23.2 Å². The molecule has 0 bridgehead atoms. The van der Waals surface area contributed by atoms with Crippen molar-refractivity contribution in [2.45, 2.75) is 57.0 Å². The van der Waals surface area contributed by atoms with E-state index in [0.717, 1.165) is 50.0 Å². The van der Waals surface area contributed by atoms with E-state index in [0.29, 0.717) is 24.1 Å². The molecule has 29 heavy (non-hydrogen) atoms. The summed E-state index contributed by atoms with van der Waals surface area (Å²) in [5, 5.41) is 9.24. The molecule has 158 valence electrons. The van der Waals surface area contributed by atoms with Crippen molar-refractivity contribution in [1.29, 1.82) is 5.26 Å². The molecule has 1 atom stereocenters. The van der Waals surface area contributed by atoms with Crippen LogP contribution in [0.4, 0.5) is 5.69 Å². The third-order valence-corrected chi connectivity index (χ3v) is 6.68. The summed E-state index contributed by atoms with van der Waals surface area (Å²) in [6.45, 7) is 0.639. The number of rotatable bonds is 7. The lowest BCUT2D eigenvalue weighted by molar-refractivity contribution is -0.136. The molecular weight excluding hydrogens is 364 g/mol. The van der Waals surface area contributed by atoms with Crippen LogP contribution in [0.15, 0.2) is 18.2 Å². The van der Waals surface area contributed by atoms with E-state index in [1.165, 1.54) is 6.42 Å². The van der Waals surface area contributed by atoms with Crippen LogP contribution in [0.25, 0.3) is 0 Å². The van der Waals surface area contributed by atoms with Crippen LogP contribution in [-0.2, 0) is 4.79 Å². The van der Waals surface area contributed by atoms with Gasteiger partial charge in [-0.2, -0.15) is 5.26 Å². The van der Waals surface area contributed by atoms with Crippen LogP contribution in [-0.4, -0.2) is 50.6 Å². The van der Waals surface area contributed by atoms with Crippen LogP contribution < -0.4 is 15.4 Å². The predicted molar refractivity (Wildman–Crippen MR) is 115 cm³/mol. The van der Waals surface area contributed by atoms with Gasteiger partial charge in [0.1, 0.15) is 5.75 Å². The molecule has 0 unspecified atom stereocenters. The second kappa shape index (κ2) is 9.49. The topological polar surface area (TPSA) is 82.6 Å². The molecule has 2 N–H and O–H groups in total. The van der Waals surface area contributed by atoms with Gasteiger partial charge < -0.3 is 20.3 Å². The zero-order chi connectivity index (χ0) is 21.0. The van der Waals surface area contributed by atoms with E-state index < -0.39 is 0 Å². The van der Waals surface area contributed by atoms with Crippen molar-refractivity contribution in [3.05, 3.63) is 23.8 Å². The highest BCUT2D eigenvalue weighted by Gasteiger charge is 2.34. The number of nitrogens with two attached hydrogens (primary N) is 1. The minimum atomic E-state index is -0.377. The molecule has 2 aliphatic rings. The Morgan fingerprint density at radius 2 is 1.86 bits per heavy atom. The van der Waals surface area contributed by atoms with Crippen LogP contribution in [0.5, 0.6) is 5.75 Å². The molecule has 1 aromatic carbocycles. The number of ether oxygens (including phenoxy) is 1. The van der Waals surface area contributed by atoms with Crippen molar-refractivity contribution in [1.82, 2.24) is 4.90 Å². The number of amides is 1. The molecule has 0 heterocycles. The number of hydrogen-bond acceptors (Lipinski definition) is 5. The first-order valence-corrected chi connectivity index (χ1v) is 10.8. The minimum Gasteiger partial charge on any atom is -0.493 e. The molecule has 2 aliphatic carbocycles. The van der Waals surface area contributed by atoms with E-state index in [1.54, 1.807) is 6.07 Å².